The van der Waals surface area contributed by atoms with Gasteiger partial charge >= 0.3 is 0 Å². The highest BCUT2D eigenvalue weighted by molar-refractivity contribution is 7.92. The molecular formula is C16H18FNO2S. The normalized spacial score (nSPS) is 11.3. The van der Waals surface area contributed by atoms with E-state index in [-0.39, 0.29) is 10.7 Å². The smallest absolute Gasteiger partial charge is 0.264 e. The van der Waals surface area contributed by atoms with E-state index in [9.17, 15) is 12.8 Å². The number of halogens is 1. The van der Waals surface area contributed by atoms with Crippen molar-refractivity contribution < 1.29 is 12.8 Å². The number of rotatable bonds is 6. The third-order valence-corrected chi connectivity index (χ3v) is 5.00. The molecule has 2 aromatic carbocycles. The van der Waals surface area contributed by atoms with Crippen LogP contribution in [-0.4, -0.2) is 15.0 Å². The molecule has 0 heterocycles. The van der Waals surface area contributed by atoms with Gasteiger partial charge in [-0.1, -0.05) is 31.5 Å². The van der Waals surface area contributed by atoms with Crippen LogP contribution in [0.5, 0.6) is 0 Å². The van der Waals surface area contributed by atoms with E-state index in [1.54, 1.807) is 30.3 Å². The quantitative estimate of drug-likeness (QED) is 0.813. The van der Waals surface area contributed by atoms with Gasteiger partial charge in [0.25, 0.3) is 10.0 Å². The van der Waals surface area contributed by atoms with E-state index >= 15 is 0 Å². The molecule has 0 aliphatic heterocycles. The Hall–Kier alpha value is -1.88. The van der Waals surface area contributed by atoms with Gasteiger partial charge in [0, 0.05) is 6.54 Å². The molecule has 21 heavy (non-hydrogen) atoms. The largest absolute Gasteiger partial charge is 0.266 e. The number of nitrogens with zero attached hydrogens (tertiary/aromatic N) is 1. The summed E-state index contributed by atoms with van der Waals surface area (Å²) in [7, 11) is -3.63. The Morgan fingerprint density at radius 2 is 1.62 bits per heavy atom. The standard InChI is InChI=1S/C16H18FNO2S/c1-2-3-13-18(15-11-9-14(17)10-12-15)21(19,20)16-7-5-4-6-8-16/h4-12H,2-3,13H2,1H3. The molecule has 5 heteroatoms. The molecule has 112 valence electrons. The van der Waals surface area contributed by atoms with Crippen molar-refractivity contribution in [1.82, 2.24) is 0 Å². The monoisotopic (exact) mass is 307 g/mol. The summed E-state index contributed by atoms with van der Waals surface area (Å²) in [4.78, 5) is 0.241. The van der Waals surface area contributed by atoms with Crippen LogP contribution in [0.2, 0.25) is 0 Å². The van der Waals surface area contributed by atoms with Crippen molar-refractivity contribution in [3.05, 3.63) is 60.4 Å². The second-order valence-corrected chi connectivity index (χ2v) is 6.58. The minimum Gasteiger partial charge on any atom is -0.266 e. The van der Waals surface area contributed by atoms with Crippen molar-refractivity contribution in [2.24, 2.45) is 0 Å². The second kappa shape index (κ2) is 6.72. The van der Waals surface area contributed by atoms with Crippen LogP contribution in [0.3, 0.4) is 0 Å². The Labute approximate surface area is 125 Å². The zero-order valence-electron chi connectivity index (χ0n) is 11.9. The highest BCUT2D eigenvalue weighted by Gasteiger charge is 2.24. The minimum absolute atomic E-state index is 0.241. The fraction of sp³-hybridized carbons (Fsp3) is 0.250. The lowest BCUT2D eigenvalue weighted by Crippen LogP contribution is -2.32. The Morgan fingerprint density at radius 3 is 2.19 bits per heavy atom. The van der Waals surface area contributed by atoms with Gasteiger partial charge in [0.2, 0.25) is 0 Å². The number of hydrogen-bond donors (Lipinski definition) is 0. The molecule has 0 amide bonds. The zero-order valence-corrected chi connectivity index (χ0v) is 12.7. The summed E-state index contributed by atoms with van der Waals surface area (Å²) in [6.07, 6.45) is 1.62. The first-order chi connectivity index (χ1) is 10.1. The molecule has 0 aromatic heterocycles. The molecule has 0 unspecified atom stereocenters. The Kier molecular flexibility index (Phi) is 4.96. The zero-order chi connectivity index (χ0) is 15.3. The van der Waals surface area contributed by atoms with Gasteiger partial charge in [-0.2, -0.15) is 0 Å². The molecule has 0 saturated heterocycles. The number of benzene rings is 2. The first-order valence-corrected chi connectivity index (χ1v) is 8.33. The average Bonchev–Trinajstić information content (AvgIpc) is 2.50. The van der Waals surface area contributed by atoms with Crippen LogP contribution in [0.4, 0.5) is 10.1 Å². The summed E-state index contributed by atoms with van der Waals surface area (Å²) in [5, 5.41) is 0. The molecule has 0 N–H and O–H groups in total. The van der Waals surface area contributed by atoms with Crippen molar-refractivity contribution in [1.29, 1.82) is 0 Å². The molecule has 0 aliphatic rings. The summed E-state index contributed by atoms with van der Waals surface area (Å²) in [6.45, 7) is 2.37. The summed E-state index contributed by atoms with van der Waals surface area (Å²) in [6, 6.07) is 13.8. The van der Waals surface area contributed by atoms with Crippen LogP contribution in [0, 0.1) is 5.82 Å². The van der Waals surface area contributed by atoms with Crippen molar-refractivity contribution in [2.45, 2.75) is 24.7 Å². The first-order valence-electron chi connectivity index (χ1n) is 6.89. The predicted molar refractivity (Wildman–Crippen MR) is 82.3 cm³/mol. The number of sulfonamides is 1. The van der Waals surface area contributed by atoms with Gasteiger partial charge in [-0.3, -0.25) is 4.31 Å². The lowest BCUT2D eigenvalue weighted by atomic mass is 10.3. The van der Waals surface area contributed by atoms with Crippen LogP contribution in [0.25, 0.3) is 0 Å². The summed E-state index contributed by atoms with van der Waals surface area (Å²) >= 11 is 0. The van der Waals surface area contributed by atoms with Crippen molar-refractivity contribution in [2.75, 3.05) is 10.8 Å². The van der Waals surface area contributed by atoms with Gasteiger partial charge < -0.3 is 0 Å². The van der Waals surface area contributed by atoms with E-state index in [1.807, 2.05) is 6.92 Å². The summed E-state index contributed by atoms with van der Waals surface area (Å²) < 4.78 is 39.9. The Bertz CT molecular complexity index is 669. The maximum absolute atomic E-state index is 13.1. The van der Waals surface area contributed by atoms with E-state index in [0.29, 0.717) is 12.2 Å². The molecule has 2 rings (SSSR count). The Morgan fingerprint density at radius 1 is 1.00 bits per heavy atom. The summed E-state index contributed by atoms with van der Waals surface area (Å²) in [5.74, 6) is -0.383. The third kappa shape index (κ3) is 3.61. The minimum atomic E-state index is -3.63. The maximum Gasteiger partial charge on any atom is 0.264 e. The van der Waals surface area contributed by atoms with Crippen molar-refractivity contribution in [3.8, 4) is 0 Å². The van der Waals surface area contributed by atoms with E-state index in [0.717, 1.165) is 12.8 Å². The number of hydrogen-bond acceptors (Lipinski definition) is 2. The molecular weight excluding hydrogens is 289 g/mol. The highest BCUT2D eigenvalue weighted by atomic mass is 32.2. The number of unbranched alkanes of at least 4 members (excludes halogenated alkanes) is 1. The molecule has 2 aromatic rings. The van der Waals surface area contributed by atoms with Crippen molar-refractivity contribution in [3.63, 3.8) is 0 Å². The third-order valence-electron chi connectivity index (χ3n) is 3.16. The van der Waals surface area contributed by atoms with Gasteiger partial charge in [0.05, 0.1) is 10.6 Å². The molecule has 0 bridgehead atoms. The van der Waals surface area contributed by atoms with Gasteiger partial charge in [0.15, 0.2) is 0 Å². The topological polar surface area (TPSA) is 37.4 Å². The lowest BCUT2D eigenvalue weighted by molar-refractivity contribution is 0.588. The van der Waals surface area contributed by atoms with Crippen LogP contribution >= 0.6 is 0 Å². The highest BCUT2D eigenvalue weighted by Crippen LogP contribution is 2.24. The predicted octanol–water partition coefficient (Wildman–Crippen LogP) is 3.82. The lowest BCUT2D eigenvalue weighted by Gasteiger charge is -2.24. The Balaban J connectivity index is 2.42. The molecule has 0 spiro atoms. The van der Waals surface area contributed by atoms with E-state index in [1.165, 1.54) is 28.6 Å². The maximum atomic E-state index is 13.1. The van der Waals surface area contributed by atoms with E-state index < -0.39 is 10.0 Å². The van der Waals surface area contributed by atoms with E-state index in [4.69, 9.17) is 0 Å². The van der Waals surface area contributed by atoms with E-state index in [2.05, 4.69) is 0 Å². The van der Waals surface area contributed by atoms with Crippen LogP contribution in [0.15, 0.2) is 59.5 Å². The van der Waals surface area contributed by atoms with Gasteiger partial charge in [-0.05, 0) is 42.8 Å². The van der Waals surface area contributed by atoms with Crippen LogP contribution < -0.4 is 4.31 Å². The molecule has 0 fully saturated rings. The molecule has 3 nitrogen and oxygen atoms in total. The van der Waals surface area contributed by atoms with Crippen LogP contribution in [0.1, 0.15) is 19.8 Å². The fourth-order valence-electron chi connectivity index (χ4n) is 2.02. The average molecular weight is 307 g/mol. The number of anilines is 1. The second-order valence-electron chi connectivity index (χ2n) is 4.72. The summed E-state index contributed by atoms with van der Waals surface area (Å²) in [5.41, 5.74) is 0.480. The molecule has 0 atom stereocenters. The van der Waals surface area contributed by atoms with Crippen molar-refractivity contribution >= 4 is 15.7 Å². The first kappa shape index (κ1) is 15.5. The van der Waals surface area contributed by atoms with Gasteiger partial charge in [0.1, 0.15) is 5.82 Å². The molecule has 0 aliphatic carbocycles. The fourth-order valence-corrected chi connectivity index (χ4v) is 3.54. The SMILES string of the molecule is CCCCN(c1ccc(F)cc1)S(=O)(=O)c1ccccc1. The van der Waals surface area contributed by atoms with Gasteiger partial charge in [-0.25, -0.2) is 12.8 Å². The molecule has 0 saturated carbocycles. The molecule has 0 radical (unpaired) electrons. The van der Waals surface area contributed by atoms with Crippen LogP contribution in [-0.2, 0) is 10.0 Å². The van der Waals surface area contributed by atoms with Gasteiger partial charge in [-0.15, -0.1) is 0 Å².